The Bertz CT molecular complexity index is 331. The van der Waals surface area contributed by atoms with Gasteiger partial charge in [0.05, 0.1) is 11.2 Å². The predicted molar refractivity (Wildman–Crippen MR) is 84.4 cm³/mol. The van der Waals surface area contributed by atoms with Crippen LogP contribution < -0.4 is 0 Å². The lowest BCUT2D eigenvalue weighted by molar-refractivity contribution is -0.202. The van der Waals surface area contributed by atoms with Crippen molar-refractivity contribution in [2.45, 2.75) is 94.3 Å². The van der Waals surface area contributed by atoms with Crippen molar-refractivity contribution in [2.75, 3.05) is 0 Å². The van der Waals surface area contributed by atoms with Crippen LogP contribution in [0.15, 0.2) is 0 Å². The molecule has 0 radical (unpaired) electrons. The molecule has 1 heteroatoms. The van der Waals surface area contributed by atoms with E-state index in [9.17, 15) is 0 Å². The van der Waals surface area contributed by atoms with Gasteiger partial charge in [-0.15, -0.1) is 0 Å². The topological polar surface area (TPSA) is 9.23 Å². The summed E-state index contributed by atoms with van der Waals surface area (Å²) in [5.74, 6) is 0. The number of hydrogen-bond acceptors (Lipinski definition) is 1. The third kappa shape index (κ3) is 1.76. The van der Waals surface area contributed by atoms with E-state index in [-0.39, 0.29) is 32.9 Å². The number of rotatable bonds is 0. The van der Waals surface area contributed by atoms with Crippen molar-refractivity contribution in [1.82, 2.24) is 0 Å². The second-order valence-electron chi connectivity index (χ2n) is 9.62. The van der Waals surface area contributed by atoms with Crippen LogP contribution in [0.25, 0.3) is 0 Å². The maximum absolute atomic E-state index is 6.69. The smallest absolute Gasteiger partial charge is 0.0690 e. The van der Waals surface area contributed by atoms with E-state index in [4.69, 9.17) is 4.74 Å². The van der Waals surface area contributed by atoms with Crippen LogP contribution in [0.4, 0.5) is 0 Å². The first-order chi connectivity index (χ1) is 7.96. The van der Waals surface area contributed by atoms with Crippen molar-refractivity contribution < 1.29 is 4.74 Å². The van der Waals surface area contributed by atoms with Gasteiger partial charge in [0.2, 0.25) is 0 Å². The second-order valence-corrected chi connectivity index (χ2v) is 9.62. The zero-order chi connectivity index (χ0) is 15.7. The van der Waals surface area contributed by atoms with Crippen molar-refractivity contribution in [1.29, 1.82) is 0 Å². The summed E-state index contributed by atoms with van der Waals surface area (Å²) in [4.78, 5) is 0. The van der Waals surface area contributed by atoms with Gasteiger partial charge in [0.1, 0.15) is 0 Å². The van der Waals surface area contributed by atoms with E-state index in [1.165, 1.54) is 0 Å². The van der Waals surface area contributed by atoms with E-state index in [0.717, 1.165) is 0 Å². The molecule has 19 heavy (non-hydrogen) atoms. The molecule has 1 saturated heterocycles. The molecule has 0 unspecified atom stereocenters. The molecule has 0 aromatic rings. The first-order valence-electron chi connectivity index (χ1n) is 7.66. The van der Waals surface area contributed by atoms with Crippen LogP contribution in [0.2, 0.25) is 0 Å². The second kappa shape index (κ2) is 3.78. The minimum absolute atomic E-state index is 0.0779. The monoisotopic (exact) mass is 268 g/mol. The summed E-state index contributed by atoms with van der Waals surface area (Å²) < 4.78 is 6.69. The van der Waals surface area contributed by atoms with Gasteiger partial charge in [-0.05, 0) is 49.4 Å². The molecule has 114 valence electrons. The average molecular weight is 268 g/mol. The summed E-state index contributed by atoms with van der Waals surface area (Å²) in [6, 6.07) is 0. The highest BCUT2D eigenvalue weighted by Gasteiger charge is 2.66. The lowest BCUT2D eigenvalue weighted by Gasteiger charge is -2.59. The largest absolute Gasteiger partial charge is 0.369 e. The molecular formula is C18H36O. The van der Waals surface area contributed by atoms with E-state index in [2.05, 4.69) is 83.1 Å². The van der Waals surface area contributed by atoms with Gasteiger partial charge >= 0.3 is 0 Å². The van der Waals surface area contributed by atoms with Gasteiger partial charge in [0.25, 0.3) is 0 Å². The zero-order valence-electron chi connectivity index (χ0n) is 15.4. The highest BCUT2D eigenvalue weighted by molar-refractivity contribution is 5.14. The first kappa shape index (κ1) is 17.0. The summed E-state index contributed by atoms with van der Waals surface area (Å²) in [5.41, 5.74) is 0.140. The Morgan fingerprint density at radius 3 is 0.789 bits per heavy atom. The average Bonchev–Trinajstić information content (AvgIpc) is 2.14. The Labute approximate surface area is 121 Å². The first-order valence-corrected chi connectivity index (χ1v) is 7.66. The summed E-state index contributed by atoms with van der Waals surface area (Å²) in [7, 11) is 0. The van der Waals surface area contributed by atoms with Crippen LogP contribution in [-0.2, 0) is 4.74 Å². The maximum Gasteiger partial charge on any atom is 0.0690 e. The third-order valence-electron chi connectivity index (χ3n) is 8.21. The highest BCUT2D eigenvalue weighted by atomic mass is 16.5. The molecule has 0 aromatic heterocycles. The lowest BCUT2D eigenvalue weighted by Crippen LogP contribution is -2.56. The van der Waals surface area contributed by atoms with E-state index < -0.39 is 0 Å². The van der Waals surface area contributed by atoms with Gasteiger partial charge in [-0.1, -0.05) is 55.4 Å². The Kier molecular flexibility index (Phi) is 3.39. The third-order valence-corrected chi connectivity index (χ3v) is 8.21. The highest BCUT2D eigenvalue weighted by Crippen LogP contribution is 2.68. The standard InChI is InChI=1S/C18H36O/c1-13(2)14(3,4)16(7,8)18(11,12)19-17(9,10)15(13,5)6/h1-12H3. The Morgan fingerprint density at radius 1 is 0.368 bits per heavy atom. The predicted octanol–water partition coefficient (Wildman–Crippen LogP) is 5.68. The molecule has 0 bridgehead atoms. The molecule has 0 N–H and O–H groups in total. The molecule has 1 nitrogen and oxygen atoms in total. The van der Waals surface area contributed by atoms with E-state index in [1.807, 2.05) is 0 Å². The van der Waals surface area contributed by atoms with Gasteiger partial charge in [0, 0.05) is 0 Å². The maximum atomic E-state index is 6.69. The quantitative estimate of drug-likeness (QED) is 0.549. The number of hydrogen-bond donors (Lipinski definition) is 0. The van der Waals surface area contributed by atoms with Crippen LogP contribution in [-0.4, -0.2) is 11.2 Å². The SMILES string of the molecule is CC1(C)OC(C)(C)C(C)(C)C(C)(C)C(C)(C)C1(C)C. The molecule has 0 saturated carbocycles. The molecule has 0 spiro atoms. The molecule has 0 amide bonds. The summed E-state index contributed by atoms with van der Waals surface area (Å²) in [5, 5.41) is 0. The fourth-order valence-electron chi connectivity index (χ4n) is 3.96. The minimum Gasteiger partial charge on any atom is -0.369 e. The van der Waals surface area contributed by atoms with Crippen LogP contribution >= 0.6 is 0 Å². The molecule has 1 aliphatic heterocycles. The molecule has 1 aliphatic rings. The summed E-state index contributed by atoms with van der Waals surface area (Å²) in [6.45, 7) is 28.2. The molecular weight excluding hydrogens is 232 g/mol. The molecule has 0 aromatic carbocycles. The van der Waals surface area contributed by atoms with E-state index in [1.54, 1.807) is 0 Å². The van der Waals surface area contributed by atoms with Gasteiger partial charge in [0.15, 0.2) is 0 Å². The van der Waals surface area contributed by atoms with Crippen LogP contribution in [0, 0.1) is 21.7 Å². The summed E-state index contributed by atoms with van der Waals surface area (Å²) in [6.07, 6.45) is 0. The molecule has 0 atom stereocenters. The summed E-state index contributed by atoms with van der Waals surface area (Å²) >= 11 is 0. The van der Waals surface area contributed by atoms with Crippen molar-refractivity contribution >= 4 is 0 Å². The Balaban J connectivity index is 3.70. The molecule has 1 rings (SSSR count). The molecule has 0 aliphatic carbocycles. The van der Waals surface area contributed by atoms with Gasteiger partial charge in [-0.3, -0.25) is 0 Å². The van der Waals surface area contributed by atoms with Gasteiger partial charge in [-0.2, -0.15) is 0 Å². The fraction of sp³-hybridized carbons (Fsp3) is 1.00. The zero-order valence-corrected chi connectivity index (χ0v) is 15.4. The van der Waals surface area contributed by atoms with Crippen molar-refractivity contribution in [3.63, 3.8) is 0 Å². The van der Waals surface area contributed by atoms with Crippen molar-refractivity contribution in [3.05, 3.63) is 0 Å². The fourth-order valence-corrected chi connectivity index (χ4v) is 3.96. The lowest BCUT2D eigenvalue weighted by atomic mass is 9.43. The van der Waals surface area contributed by atoms with Gasteiger partial charge < -0.3 is 4.74 Å². The van der Waals surface area contributed by atoms with E-state index in [0.29, 0.717) is 0 Å². The Morgan fingerprint density at radius 2 is 0.579 bits per heavy atom. The Hall–Kier alpha value is -0.0400. The van der Waals surface area contributed by atoms with Crippen molar-refractivity contribution in [3.8, 4) is 0 Å². The molecule has 1 heterocycles. The number of ether oxygens (including phenoxy) is 1. The van der Waals surface area contributed by atoms with Crippen LogP contribution in [0.1, 0.15) is 83.1 Å². The normalized spacial score (nSPS) is 33.5. The van der Waals surface area contributed by atoms with E-state index >= 15 is 0 Å². The van der Waals surface area contributed by atoms with Crippen LogP contribution in [0.5, 0.6) is 0 Å². The molecule has 1 fully saturated rings. The van der Waals surface area contributed by atoms with Crippen molar-refractivity contribution in [2.24, 2.45) is 21.7 Å². The minimum atomic E-state index is -0.162. The van der Waals surface area contributed by atoms with Gasteiger partial charge in [-0.25, -0.2) is 0 Å². The van der Waals surface area contributed by atoms with Crippen LogP contribution in [0.3, 0.4) is 0 Å².